The number of nitrogens with one attached hydrogen (secondary N) is 1. The fourth-order valence-electron chi connectivity index (χ4n) is 3.06. The molecule has 4 rings (SSSR count). The molecular formula is C23H20F9N7O4. The molecule has 0 radical (unpaired) electrons. The minimum Gasteiger partial charge on any atom is -0.475 e. The van der Waals surface area contributed by atoms with E-state index in [4.69, 9.17) is 25.5 Å². The molecule has 0 spiro atoms. The van der Waals surface area contributed by atoms with E-state index < -0.39 is 36.2 Å². The number of hydrogen-bond donors (Lipinski definition) is 4. The number of pyridine rings is 1. The molecule has 11 nitrogen and oxygen atoms in total. The van der Waals surface area contributed by atoms with E-state index in [1.165, 1.54) is 12.3 Å². The van der Waals surface area contributed by atoms with Crippen molar-refractivity contribution in [2.45, 2.75) is 43.8 Å². The Morgan fingerprint density at radius 2 is 1.53 bits per heavy atom. The lowest BCUT2D eigenvalue weighted by atomic mass is 10.0. The van der Waals surface area contributed by atoms with Crippen LogP contribution in [-0.4, -0.2) is 70.7 Å². The Morgan fingerprint density at radius 1 is 0.930 bits per heavy atom. The highest BCUT2D eigenvalue weighted by Crippen LogP contribution is 2.27. The summed E-state index contributed by atoms with van der Waals surface area (Å²) in [6.07, 6.45) is -8.11. The number of aliphatic carboxylic acids is 2. The molecule has 3 aromatic heterocycles. The normalized spacial score (nSPS) is 12.5. The lowest BCUT2D eigenvalue weighted by Gasteiger charge is -2.11. The van der Waals surface area contributed by atoms with Crippen molar-refractivity contribution in [3.63, 3.8) is 0 Å². The minimum atomic E-state index is -5.08. The fourth-order valence-corrected chi connectivity index (χ4v) is 3.06. The van der Waals surface area contributed by atoms with E-state index in [2.05, 4.69) is 25.5 Å². The number of aromatic nitrogens is 6. The van der Waals surface area contributed by atoms with Gasteiger partial charge >= 0.3 is 30.5 Å². The first-order chi connectivity index (χ1) is 19.8. The summed E-state index contributed by atoms with van der Waals surface area (Å²) >= 11 is 0. The minimum absolute atomic E-state index is 0.221. The second-order valence-electron chi connectivity index (χ2n) is 8.45. The third-order valence-electron chi connectivity index (χ3n) is 5.10. The smallest absolute Gasteiger partial charge is 0.475 e. The van der Waals surface area contributed by atoms with Gasteiger partial charge in [0.2, 0.25) is 0 Å². The number of aromatic amines is 1. The Bertz CT molecular complexity index is 1470. The number of carbonyl (C=O) groups is 2. The predicted molar refractivity (Wildman–Crippen MR) is 128 cm³/mol. The van der Waals surface area contributed by atoms with Gasteiger partial charge in [0.25, 0.3) is 0 Å². The van der Waals surface area contributed by atoms with E-state index in [1.54, 1.807) is 10.9 Å². The van der Waals surface area contributed by atoms with E-state index in [1.807, 2.05) is 24.4 Å². The second kappa shape index (κ2) is 13.9. The molecule has 43 heavy (non-hydrogen) atoms. The standard InChI is InChI=1S/C19H18F3N7.2C2HF3O2/c20-19(21,22)18-6-1-12(9-24-18)7-14(23)2-3-15-11-29(28-26-15)16-4-5-17-13(8-16)10-25-27-17;2*3-2(4,5)1(6)7/h1,4-6,8-11,14H,2-3,7,23H2,(H,25,27);2*(H,6,7)/t14-;;/m1../s1. The molecule has 0 saturated carbocycles. The number of rotatable bonds is 6. The first-order valence-electron chi connectivity index (χ1n) is 11.5. The summed E-state index contributed by atoms with van der Waals surface area (Å²) in [5.74, 6) is -5.51. The number of aryl methyl sites for hydroxylation is 1. The topological polar surface area (TPSA) is 173 Å². The van der Waals surface area contributed by atoms with E-state index in [-0.39, 0.29) is 6.04 Å². The number of carboxylic acid groups (broad SMARTS) is 2. The van der Waals surface area contributed by atoms with Crippen LogP contribution in [0.2, 0.25) is 0 Å². The molecule has 0 bridgehead atoms. The third kappa shape index (κ3) is 11.2. The monoisotopic (exact) mass is 629 g/mol. The summed E-state index contributed by atoms with van der Waals surface area (Å²) in [4.78, 5) is 21.3. The van der Waals surface area contributed by atoms with E-state index in [9.17, 15) is 39.5 Å². The maximum Gasteiger partial charge on any atom is 0.490 e. The molecule has 0 saturated heterocycles. The Morgan fingerprint density at radius 3 is 2.05 bits per heavy atom. The van der Waals surface area contributed by atoms with Crippen molar-refractivity contribution in [3.05, 3.63) is 65.9 Å². The molecule has 20 heteroatoms. The summed E-state index contributed by atoms with van der Waals surface area (Å²) < 4.78 is 103. The highest BCUT2D eigenvalue weighted by atomic mass is 19.4. The van der Waals surface area contributed by atoms with Gasteiger partial charge in [-0.15, -0.1) is 5.10 Å². The highest BCUT2D eigenvalue weighted by molar-refractivity contribution is 5.80. The van der Waals surface area contributed by atoms with Crippen LogP contribution >= 0.6 is 0 Å². The number of benzene rings is 1. The molecule has 5 N–H and O–H groups in total. The molecule has 0 aliphatic rings. The van der Waals surface area contributed by atoms with Gasteiger partial charge in [-0.3, -0.25) is 10.1 Å². The zero-order valence-corrected chi connectivity index (χ0v) is 21.2. The number of halogens is 9. The number of alkyl halides is 9. The van der Waals surface area contributed by atoms with E-state index in [0.717, 1.165) is 28.4 Å². The van der Waals surface area contributed by atoms with Crippen LogP contribution in [0.4, 0.5) is 39.5 Å². The molecule has 234 valence electrons. The van der Waals surface area contributed by atoms with Crippen LogP contribution in [-0.2, 0) is 28.6 Å². The van der Waals surface area contributed by atoms with Crippen LogP contribution in [0.15, 0.2) is 48.9 Å². The number of fused-ring (bicyclic) bond motifs is 1. The number of H-pyrrole nitrogens is 1. The van der Waals surface area contributed by atoms with Crippen LogP contribution < -0.4 is 5.73 Å². The summed E-state index contributed by atoms with van der Waals surface area (Å²) in [6, 6.07) is 7.97. The van der Waals surface area contributed by atoms with Crippen molar-refractivity contribution >= 4 is 22.8 Å². The van der Waals surface area contributed by atoms with Crippen molar-refractivity contribution in [2.24, 2.45) is 5.73 Å². The third-order valence-corrected chi connectivity index (χ3v) is 5.10. The van der Waals surface area contributed by atoms with Crippen molar-refractivity contribution < 1.29 is 59.3 Å². The predicted octanol–water partition coefficient (Wildman–Crippen LogP) is 4.33. The Balaban J connectivity index is 0.000000384. The second-order valence-corrected chi connectivity index (χ2v) is 8.45. The molecule has 1 aromatic carbocycles. The SMILES string of the molecule is N[C@H](CCc1cn(-c2ccc3[nH]ncc3c2)nn1)Cc1ccc(C(F)(F)F)nc1.O=C(O)C(F)(F)F.O=C(O)C(F)(F)F. The maximum atomic E-state index is 12.6. The lowest BCUT2D eigenvalue weighted by molar-refractivity contribution is -0.193. The Labute approximate surface area is 234 Å². The first-order valence-corrected chi connectivity index (χ1v) is 11.5. The number of nitrogens with zero attached hydrogens (tertiary/aromatic N) is 5. The summed E-state index contributed by atoms with van der Waals surface area (Å²) in [5, 5.41) is 30.4. The van der Waals surface area contributed by atoms with Crippen molar-refractivity contribution in [3.8, 4) is 5.69 Å². The van der Waals surface area contributed by atoms with Gasteiger partial charge in [-0.25, -0.2) is 14.3 Å². The van der Waals surface area contributed by atoms with Gasteiger partial charge in [-0.05, 0) is 49.1 Å². The average molecular weight is 629 g/mol. The largest absolute Gasteiger partial charge is 0.490 e. The van der Waals surface area contributed by atoms with E-state index in [0.29, 0.717) is 24.8 Å². The molecule has 3 heterocycles. The van der Waals surface area contributed by atoms with Gasteiger partial charge in [-0.2, -0.15) is 44.6 Å². The molecule has 0 aliphatic carbocycles. The first kappa shape index (κ1) is 34.5. The zero-order chi connectivity index (χ0) is 32.6. The zero-order valence-electron chi connectivity index (χ0n) is 21.2. The van der Waals surface area contributed by atoms with Gasteiger partial charge in [0.05, 0.1) is 29.3 Å². The summed E-state index contributed by atoms with van der Waals surface area (Å²) in [5.41, 5.74) is 8.50. The average Bonchev–Trinajstić information content (AvgIpc) is 3.56. The van der Waals surface area contributed by atoms with Crippen molar-refractivity contribution in [1.29, 1.82) is 0 Å². The maximum absolute atomic E-state index is 12.6. The van der Waals surface area contributed by atoms with E-state index >= 15 is 0 Å². The Hall–Kier alpha value is -4.75. The molecule has 0 unspecified atom stereocenters. The van der Waals surface area contributed by atoms with Crippen LogP contribution in [0.25, 0.3) is 16.6 Å². The Kier molecular flexibility index (Phi) is 11.2. The van der Waals surface area contributed by atoms with Crippen molar-refractivity contribution in [2.75, 3.05) is 0 Å². The van der Waals surface area contributed by atoms with Gasteiger partial charge in [0.1, 0.15) is 5.69 Å². The number of hydrogen-bond acceptors (Lipinski definition) is 7. The quantitative estimate of drug-likeness (QED) is 0.227. The van der Waals surface area contributed by atoms with Gasteiger partial charge in [0, 0.05) is 17.6 Å². The van der Waals surface area contributed by atoms with Crippen molar-refractivity contribution in [1.82, 2.24) is 30.2 Å². The van der Waals surface area contributed by atoms with Crippen LogP contribution in [0.1, 0.15) is 23.4 Å². The molecule has 0 fully saturated rings. The van der Waals surface area contributed by atoms with Gasteiger partial charge < -0.3 is 15.9 Å². The van der Waals surface area contributed by atoms with Crippen LogP contribution in [0.3, 0.4) is 0 Å². The molecule has 4 aromatic rings. The molecule has 0 amide bonds. The van der Waals surface area contributed by atoms with Crippen LogP contribution in [0, 0.1) is 0 Å². The summed E-state index contributed by atoms with van der Waals surface area (Å²) in [7, 11) is 0. The highest BCUT2D eigenvalue weighted by Gasteiger charge is 2.39. The van der Waals surface area contributed by atoms with Gasteiger partial charge in [-0.1, -0.05) is 11.3 Å². The van der Waals surface area contributed by atoms with Crippen LogP contribution in [0.5, 0.6) is 0 Å². The van der Waals surface area contributed by atoms with Gasteiger partial charge in [0.15, 0.2) is 0 Å². The molecule has 0 aliphatic heterocycles. The number of carboxylic acids is 2. The molecule has 1 atom stereocenters. The fraction of sp³-hybridized carbons (Fsp3) is 0.304. The number of nitrogens with two attached hydrogens (primary N) is 1. The molecular weight excluding hydrogens is 609 g/mol. The lowest BCUT2D eigenvalue weighted by Crippen LogP contribution is -2.23. The summed E-state index contributed by atoms with van der Waals surface area (Å²) in [6.45, 7) is 0.